The van der Waals surface area contributed by atoms with Gasteiger partial charge in [0, 0.05) is 46.3 Å². The quantitative estimate of drug-likeness (QED) is 0.675. The molecule has 0 spiro atoms. The maximum absolute atomic E-state index is 13.9. The van der Waals surface area contributed by atoms with E-state index in [1.165, 1.54) is 17.7 Å². The molecule has 34 heavy (non-hydrogen) atoms. The van der Waals surface area contributed by atoms with E-state index >= 15 is 0 Å². The molecule has 0 N–H and O–H groups in total. The summed E-state index contributed by atoms with van der Waals surface area (Å²) in [5.74, 6) is -0.291. The fourth-order valence-electron chi connectivity index (χ4n) is 5.78. The molecule has 5 atom stereocenters. The maximum atomic E-state index is 13.9. The number of amides is 1. The fourth-order valence-corrected chi connectivity index (χ4v) is 5.78. The van der Waals surface area contributed by atoms with Crippen molar-refractivity contribution in [2.45, 2.75) is 49.7 Å². The first kappa shape index (κ1) is 23.4. The third kappa shape index (κ3) is 4.50. The Bertz CT molecular complexity index is 1000. The summed E-state index contributed by atoms with van der Waals surface area (Å²) in [6.07, 6.45) is 1.97. The number of fused-ring (bicyclic) bond motifs is 1. The molecule has 2 aromatic rings. The topological polar surface area (TPSA) is 51.2 Å². The zero-order valence-corrected chi connectivity index (χ0v) is 19.9. The smallest absolute Gasteiger partial charge is 0.252 e. The van der Waals surface area contributed by atoms with Crippen molar-refractivity contribution < 1.29 is 23.4 Å². The molecule has 2 fully saturated rings. The minimum absolute atomic E-state index is 0.00845. The molecule has 0 aromatic heterocycles. The van der Waals surface area contributed by atoms with Crippen LogP contribution in [0.5, 0.6) is 0 Å². The van der Waals surface area contributed by atoms with E-state index in [1.807, 2.05) is 17.0 Å². The molecule has 3 aliphatic rings. The number of carbonyl (C=O) groups excluding carboxylic acids is 1. The van der Waals surface area contributed by atoms with E-state index in [2.05, 4.69) is 17.0 Å². The van der Waals surface area contributed by atoms with E-state index in [-0.39, 0.29) is 36.0 Å². The van der Waals surface area contributed by atoms with Crippen molar-refractivity contribution in [3.05, 3.63) is 71.0 Å². The molecular formula is C27H33FN2O4. The number of likely N-dealkylation sites (tertiary alicyclic amines) is 1. The summed E-state index contributed by atoms with van der Waals surface area (Å²) in [4.78, 5) is 18.2. The van der Waals surface area contributed by atoms with Crippen LogP contribution in [0.15, 0.2) is 48.5 Å². The van der Waals surface area contributed by atoms with Crippen LogP contribution < -0.4 is 0 Å². The van der Waals surface area contributed by atoms with E-state index in [0.29, 0.717) is 19.6 Å². The largest absolute Gasteiger partial charge is 0.380 e. The van der Waals surface area contributed by atoms with Gasteiger partial charge in [0.15, 0.2) is 0 Å². The second-order valence-corrected chi connectivity index (χ2v) is 9.48. The molecule has 3 heterocycles. The van der Waals surface area contributed by atoms with Gasteiger partial charge in [-0.3, -0.25) is 9.69 Å². The zero-order chi connectivity index (χ0) is 23.7. The number of carbonyl (C=O) groups is 1. The van der Waals surface area contributed by atoms with E-state index in [9.17, 15) is 9.18 Å². The highest BCUT2D eigenvalue weighted by Gasteiger charge is 2.43. The minimum Gasteiger partial charge on any atom is -0.380 e. The van der Waals surface area contributed by atoms with Crippen molar-refractivity contribution in [2.75, 3.05) is 40.5 Å². The molecule has 0 radical (unpaired) electrons. The molecule has 182 valence electrons. The Kier molecular flexibility index (Phi) is 6.97. The Hall–Kier alpha value is -2.32. The van der Waals surface area contributed by atoms with Crippen LogP contribution in [0.2, 0.25) is 0 Å². The third-order valence-electron chi connectivity index (χ3n) is 7.66. The van der Waals surface area contributed by atoms with Gasteiger partial charge in [-0.2, -0.15) is 0 Å². The molecule has 0 unspecified atom stereocenters. The zero-order valence-electron chi connectivity index (χ0n) is 19.9. The Labute approximate surface area is 200 Å². The summed E-state index contributed by atoms with van der Waals surface area (Å²) < 4.78 is 31.1. The van der Waals surface area contributed by atoms with Gasteiger partial charge in [0.25, 0.3) is 5.91 Å². The molecule has 2 saturated heterocycles. The second kappa shape index (κ2) is 10.1. The molecule has 1 amide bonds. The normalized spacial score (nSPS) is 29.7. The highest BCUT2D eigenvalue weighted by atomic mass is 19.1. The van der Waals surface area contributed by atoms with Crippen molar-refractivity contribution in [1.82, 2.24) is 9.80 Å². The van der Waals surface area contributed by atoms with E-state index < -0.39 is 6.10 Å². The molecular weight excluding hydrogens is 435 g/mol. The molecule has 0 aliphatic carbocycles. The lowest BCUT2D eigenvalue weighted by Gasteiger charge is -2.43. The van der Waals surface area contributed by atoms with Crippen LogP contribution in [-0.2, 0) is 25.4 Å². The predicted octanol–water partition coefficient (Wildman–Crippen LogP) is 3.19. The summed E-state index contributed by atoms with van der Waals surface area (Å²) in [5, 5.41) is 0. The first-order chi connectivity index (χ1) is 16.6. The minimum atomic E-state index is -0.536. The molecule has 5 rings (SSSR count). The van der Waals surface area contributed by atoms with Crippen molar-refractivity contribution in [3.8, 4) is 0 Å². The van der Waals surface area contributed by atoms with E-state index in [1.54, 1.807) is 26.4 Å². The first-order valence-electron chi connectivity index (χ1n) is 12.1. The fraction of sp³-hybridized carbons (Fsp3) is 0.519. The monoisotopic (exact) mass is 468 g/mol. The average molecular weight is 469 g/mol. The van der Waals surface area contributed by atoms with Gasteiger partial charge in [0.1, 0.15) is 11.9 Å². The van der Waals surface area contributed by atoms with Crippen LogP contribution in [0.3, 0.4) is 0 Å². The first-order valence-corrected chi connectivity index (χ1v) is 12.1. The Balaban J connectivity index is 1.40. The van der Waals surface area contributed by atoms with Gasteiger partial charge in [-0.1, -0.05) is 36.4 Å². The molecule has 0 bridgehead atoms. The van der Waals surface area contributed by atoms with Gasteiger partial charge >= 0.3 is 0 Å². The lowest BCUT2D eigenvalue weighted by atomic mass is 9.87. The summed E-state index contributed by atoms with van der Waals surface area (Å²) in [6, 6.07) is 14.6. The number of rotatable bonds is 5. The third-order valence-corrected chi connectivity index (χ3v) is 7.66. The number of halogens is 1. The Morgan fingerprint density at radius 2 is 1.85 bits per heavy atom. The van der Waals surface area contributed by atoms with Crippen LogP contribution in [0.1, 0.15) is 35.6 Å². The number of benzene rings is 2. The van der Waals surface area contributed by atoms with Crippen LogP contribution in [0.4, 0.5) is 4.39 Å². The molecule has 7 heteroatoms. The van der Waals surface area contributed by atoms with Crippen LogP contribution >= 0.6 is 0 Å². The van der Waals surface area contributed by atoms with E-state index in [4.69, 9.17) is 14.2 Å². The van der Waals surface area contributed by atoms with Gasteiger partial charge in [0.2, 0.25) is 0 Å². The van der Waals surface area contributed by atoms with Gasteiger partial charge in [-0.05, 0) is 41.7 Å². The van der Waals surface area contributed by atoms with Crippen molar-refractivity contribution in [2.24, 2.45) is 0 Å². The predicted molar refractivity (Wildman–Crippen MR) is 126 cm³/mol. The SMILES string of the molecule is CO[C@H]1CCN([C@H]2C[C@H](C(=O)N3CCc4ccccc4[C@@H]3c3ccc(F)cc3)OC[C@@H]2OC)C1. The lowest BCUT2D eigenvalue weighted by molar-refractivity contribution is -0.162. The van der Waals surface area contributed by atoms with Gasteiger partial charge in [-0.25, -0.2) is 4.39 Å². The molecule has 0 saturated carbocycles. The Morgan fingerprint density at radius 3 is 2.59 bits per heavy atom. The van der Waals surface area contributed by atoms with Gasteiger partial charge < -0.3 is 19.1 Å². The van der Waals surface area contributed by atoms with Crippen molar-refractivity contribution in [1.29, 1.82) is 0 Å². The molecule has 6 nitrogen and oxygen atoms in total. The summed E-state index contributed by atoms with van der Waals surface area (Å²) in [5.41, 5.74) is 3.23. The van der Waals surface area contributed by atoms with Crippen molar-refractivity contribution >= 4 is 5.91 Å². The number of hydrogen-bond donors (Lipinski definition) is 0. The standard InChI is InChI=1S/C27H33FN2O4/c1-32-21-12-13-29(16-21)23-15-24(34-17-25(23)33-2)27(31)30-14-11-18-5-3-4-6-22(18)26(30)19-7-9-20(28)10-8-19/h3-10,21,23-26H,11-17H2,1-2H3/t21-,23-,24+,25-,26-/m0/s1. The summed E-state index contributed by atoms with van der Waals surface area (Å²) in [7, 11) is 3.46. The van der Waals surface area contributed by atoms with Crippen LogP contribution in [-0.4, -0.2) is 80.5 Å². The lowest BCUT2D eigenvalue weighted by Crippen LogP contribution is -2.56. The summed E-state index contributed by atoms with van der Waals surface area (Å²) in [6.45, 7) is 2.76. The van der Waals surface area contributed by atoms with E-state index in [0.717, 1.165) is 37.1 Å². The number of nitrogens with zero attached hydrogens (tertiary/aromatic N) is 2. The van der Waals surface area contributed by atoms with Crippen molar-refractivity contribution in [3.63, 3.8) is 0 Å². The molecule has 2 aromatic carbocycles. The molecule has 3 aliphatic heterocycles. The van der Waals surface area contributed by atoms with Crippen LogP contribution in [0, 0.1) is 5.82 Å². The van der Waals surface area contributed by atoms with Gasteiger partial charge in [0.05, 0.1) is 24.9 Å². The maximum Gasteiger partial charge on any atom is 0.252 e. The highest BCUT2D eigenvalue weighted by molar-refractivity contribution is 5.82. The second-order valence-electron chi connectivity index (χ2n) is 9.48. The number of methoxy groups -OCH3 is 2. The Morgan fingerprint density at radius 1 is 1.06 bits per heavy atom. The highest BCUT2D eigenvalue weighted by Crippen LogP contribution is 2.37. The number of hydrogen-bond acceptors (Lipinski definition) is 5. The number of ether oxygens (including phenoxy) is 3. The van der Waals surface area contributed by atoms with Gasteiger partial charge in [-0.15, -0.1) is 0 Å². The average Bonchev–Trinajstić information content (AvgIpc) is 3.37. The summed E-state index contributed by atoms with van der Waals surface area (Å²) >= 11 is 0. The van der Waals surface area contributed by atoms with Crippen LogP contribution in [0.25, 0.3) is 0 Å².